The van der Waals surface area contributed by atoms with Crippen molar-refractivity contribution in [2.45, 2.75) is 27.0 Å². The van der Waals surface area contributed by atoms with Gasteiger partial charge in [0.05, 0.1) is 11.6 Å². The number of benzene rings is 3. The second-order valence-electron chi connectivity index (χ2n) is 6.70. The molecule has 0 aliphatic heterocycles. The zero-order valence-corrected chi connectivity index (χ0v) is 17.8. The first-order valence-corrected chi connectivity index (χ1v) is 9.80. The lowest BCUT2D eigenvalue weighted by Gasteiger charge is -2.16. The lowest BCUT2D eigenvalue weighted by Crippen LogP contribution is -2.04. The van der Waals surface area contributed by atoms with Crippen molar-refractivity contribution >= 4 is 21.6 Å². The highest BCUT2D eigenvalue weighted by atomic mass is 79.9. The molecule has 3 aromatic carbocycles. The van der Waals surface area contributed by atoms with Crippen LogP contribution in [0.15, 0.2) is 59.1 Å². The van der Waals surface area contributed by atoms with E-state index in [1.54, 1.807) is 19.2 Å². The van der Waals surface area contributed by atoms with Crippen molar-refractivity contribution in [1.29, 1.82) is 0 Å². The minimum Gasteiger partial charge on any atom is -0.493 e. The number of rotatable bonds is 7. The summed E-state index contributed by atoms with van der Waals surface area (Å²) in [6.45, 7) is 5.16. The number of methoxy groups -OCH3 is 1. The van der Waals surface area contributed by atoms with Crippen molar-refractivity contribution in [3.8, 4) is 11.5 Å². The van der Waals surface area contributed by atoms with Gasteiger partial charge in [-0.25, -0.2) is 4.39 Å². The van der Waals surface area contributed by atoms with Crippen molar-refractivity contribution < 1.29 is 13.9 Å². The van der Waals surface area contributed by atoms with Gasteiger partial charge in [0.2, 0.25) is 0 Å². The largest absolute Gasteiger partial charge is 0.493 e. The third-order valence-electron chi connectivity index (χ3n) is 4.46. The average Bonchev–Trinajstić information content (AvgIpc) is 2.68. The van der Waals surface area contributed by atoms with Gasteiger partial charge in [0.1, 0.15) is 12.4 Å². The van der Waals surface area contributed by atoms with Gasteiger partial charge in [0.15, 0.2) is 11.5 Å². The summed E-state index contributed by atoms with van der Waals surface area (Å²) in [6.07, 6.45) is 0. The van der Waals surface area contributed by atoms with Crippen molar-refractivity contribution in [2.24, 2.45) is 0 Å². The molecule has 5 heteroatoms. The van der Waals surface area contributed by atoms with E-state index in [1.807, 2.05) is 12.1 Å². The molecule has 146 valence electrons. The first-order valence-electron chi connectivity index (χ1n) is 9.01. The molecular formula is C23H23BrFNO2. The van der Waals surface area contributed by atoms with Crippen LogP contribution in [0.4, 0.5) is 10.1 Å². The molecule has 0 bridgehead atoms. The number of anilines is 1. The highest BCUT2D eigenvalue weighted by molar-refractivity contribution is 9.10. The third-order valence-corrected chi connectivity index (χ3v) is 5.05. The Morgan fingerprint density at radius 3 is 2.43 bits per heavy atom. The quantitative estimate of drug-likeness (QED) is 0.457. The summed E-state index contributed by atoms with van der Waals surface area (Å²) in [5.74, 6) is 1.01. The van der Waals surface area contributed by atoms with E-state index < -0.39 is 0 Å². The first kappa shape index (κ1) is 20.2. The number of aryl methyl sites for hydroxylation is 2. The standard InChI is InChI=1S/C23H23BrFNO2/c1-15-4-5-16(2)21(10-15)26-13-18-11-20(24)23(22(12-18)27-3)28-14-17-6-8-19(25)9-7-17/h4-12,26H,13-14H2,1-3H3. The summed E-state index contributed by atoms with van der Waals surface area (Å²) < 4.78 is 25.3. The molecule has 0 spiro atoms. The van der Waals surface area contributed by atoms with Gasteiger partial charge in [-0.2, -0.15) is 0 Å². The molecule has 28 heavy (non-hydrogen) atoms. The summed E-state index contributed by atoms with van der Waals surface area (Å²) in [5, 5.41) is 3.48. The van der Waals surface area contributed by atoms with E-state index in [2.05, 4.69) is 53.3 Å². The molecular weight excluding hydrogens is 421 g/mol. The van der Waals surface area contributed by atoms with E-state index in [0.29, 0.717) is 24.7 Å². The Bertz CT molecular complexity index is 958. The number of ether oxygens (including phenoxy) is 2. The fourth-order valence-electron chi connectivity index (χ4n) is 2.88. The Morgan fingerprint density at radius 1 is 0.964 bits per heavy atom. The molecule has 0 saturated carbocycles. The third kappa shape index (κ3) is 5.04. The van der Waals surface area contributed by atoms with Gasteiger partial charge in [0, 0.05) is 12.2 Å². The van der Waals surface area contributed by atoms with Crippen molar-refractivity contribution in [3.63, 3.8) is 0 Å². The molecule has 0 radical (unpaired) electrons. The van der Waals surface area contributed by atoms with E-state index in [1.165, 1.54) is 23.3 Å². The Balaban J connectivity index is 1.73. The average molecular weight is 444 g/mol. The summed E-state index contributed by atoms with van der Waals surface area (Å²) in [7, 11) is 1.62. The number of hydrogen-bond donors (Lipinski definition) is 1. The molecule has 0 amide bonds. The summed E-state index contributed by atoms with van der Waals surface area (Å²) in [6, 6.07) is 16.6. The normalized spacial score (nSPS) is 10.6. The minimum absolute atomic E-state index is 0.261. The molecule has 0 aromatic heterocycles. The maximum absolute atomic E-state index is 13.0. The van der Waals surface area contributed by atoms with E-state index >= 15 is 0 Å². The van der Waals surface area contributed by atoms with Crippen molar-refractivity contribution in [1.82, 2.24) is 0 Å². The summed E-state index contributed by atoms with van der Waals surface area (Å²) in [5.41, 5.74) is 5.49. The molecule has 0 fully saturated rings. The lowest BCUT2D eigenvalue weighted by molar-refractivity contribution is 0.282. The molecule has 3 nitrogen and oxygen atoms in total. The molecule has 0 unspecified atom stereocenters. The molecule has 0 aliphatic rings. The number of nitrogens with one attached hydrogen (secondary N) is 1. The molecule has 0 saturated heterocycles. The van der Waals surface area contributed by atoms with Crippen LogP contribution in [-0.2, 0) is 13.2 Å². The van der Waals surface area contributed by atoms with Crippen LogP contribution in [0.3, 0.4) is 0 Å². The van der Waals surface area contributed by atoms with Crippen LogP contribution >= 0.6 is 15.9 Å². The number of hydrogen-bond acceptors (Lipinski definition) is 3. The highest BCUT2D eigenvalue weighted by Gasteiger charge is 2.12. The smallest absolute Gasteiger partial charge is 0.175 e. The fourth-order valence-corrected chi connectivity index (χ4v) is 3.48. The van der Waals surface area contributed by atoms with Crippen molar-refractivity contribution in [3.05, 3.63) is 87.1 Å². The monoisotopic (exact) mass is 443 g/mol. The fraction of sp³-hybridized carbons (Fsp3) is 0.217. The van der Waals surface area contributed by atoms with Crippen molar-refractivity contribution in [2.75, 3.05) is 12.4 Å². The predicted octanol–water partition coefficient (Wildman–Crippen LogP) is 6.40. The van der Waals surface area contributed by atoms with Gasteiger partial charge in [-0.15, -0.1) is 0 Å². The summed E-state index contributed by atoms with van der Waals surface area (Å²) in [4.78, 5) is 0. The molecule has 3 rings (SSSR count). The van der Waals surface area contributed by atoms with Gasteiger partial charge in [-0.3, -0.25) is 0 Å². The molecule has 0 atom stereocenters. The lowest BCUT2D eigenvalue weighted by atomic mass is 10.1. The van der Waals surface area contributed by atoms with E-state index in [-0.39, 0.29) is 5.82 Å². The molecule has 0 heterocycles. The van der Waals surface area contributed by atoms with Gasteiger partial charge >= 0.3 is 0 Å². The van der Waals surface area contributed by atoms with Crippen LogP contribution in [-0.4, -0.2) is 7.11 Å². The molecule has 1 N–H and O–H groups in total. The maximum Gasteiger partial charge on any atom is 0.175 e. The van der Waals surface area contributed by atoms with Gasteiger partial charge in [-0.1, -0.05) is 24.3 Å². The number of halogens is 2. The molecule has 3 aromatic rings. The van der Waals surface area contributed by atoms with Gasteiger partial charge in [0.25, 0.3) is 0 Å². The van der Waals surface area contributed by atoms with Crippen LogP contribution in [0.1, 0.15) is 22.3 Å². The molecule has 0 aliphatic carbocycles. The SMILES string of the molecule is COc1cc(CNc2cc(C)ccc2C)cc(Br)c1OCc1ccc(F)cc1. The summed E-state index contributed by atoms with van der Waals surface area (Å²) >= 11 is 3.58. The first-order chi connectivity index (χ1) is 13.5. The predicted molar refractivity (Wildman–Crippen MR) is 115 cm³/mol. The Kier molecular flexibility index (Phi) is 6.57. The van der Waals surface area contributed by atoms with Crippen LogP contribution in [0, 0.1) is 19.7 Å². The zero-order chi connectivity index (χ0) is 20.1. The Morgan fingerprint density at radius 2 is 1.71 bits per heavy atom. The zero-order valence-electron chi connectivity index (χ0n) is 16.2. The van der Waals surface area contributed by atoms with Gasteiger partial charge in [-0.05, 0) is 82.4 Å². The van der Waals surface area contributed by atoms with Crippen LogP contribution in [0.5, 0.6) is 11.5 Å². The van der Waals surface area contributed by atoms with E-state index in [9.17, 15) is 4.39 Å². The second-order valence-corrected chi connectivity index (χ2v) is 7.55. The van der Waals surface area contributed by atoms with Crippen LogP contribution in [0.2, 0.25) is 0 Å². The van der Waals surface area contributed by atoms with Crippen LogP contribution < -0.4 is 14.8 Å². The van der Waals surface area contributed by atoms with E-state index in [0.717, 1.165) is 21.3 Å². The topological polar surface area (TPSA) is 30.5 Å². The highest BCUT2D eigenvalue weighted by Crippen LogP contribution is 2.37. The Labute approximate surface area is 173 Å². The van der Waals surface area contributed by atoms with E-state index in [4.69, 9.17) is 9.47 Å². The second kappa shape index (κ2) is 9.11. The Hall–Kier alpha value is -2.53. The minimum atomic E-state index is -0.261. The van der Waals surface area contributed by atoms with Crippen LogP contribution in [0.25, 0.3) is 0 Å². The maximum atomic E-state index is 13.0. The van der Waals surface area contributed by atoms with Gasteiger partial charge < -0.3 is 14.8 Å².